The molecule has 1 saturated carbocycles. The van der Waals surface area contributed by atoms with E-state index in [1.54, 1.807) is 6.07 Å². The lowest BCUT2D eigenvalue weighted by Crippen LogP contribution is -2.26. The monoisotopic (exact) mass is 209 g/mol. The smallest absolute Gasteiger partial charge is 0.223 e. The number of hydrogen-bond acceptors (Lipinski definition) is 3. The van der Waals surface area contributed by atoms with Gasteiger partial charge < -0.3 is 14.8 Å². The van der Waals surface area contributed by atoms with Gasteiger partial charge in [0.05, 0.1) is 18.6 Å². The standard InChI is InChI=1S/C11H15NO3/c13-10(9-4-6-15-7-9)3-5-12-11(14)8-1-2-8/h4,6-8,10,13H,1-3,5H2,(H,12,14). The van der Waals surface area contributed by atoms with Crippen molar-refractivity contribution in [3.63, 3.8) is 0 Å². The molecule has 0 saturated heterocycles. The largest absolute Gasteiger partial charge is 0.472 e. The number of furan rings is 1. The van der Waals surface area contributed by atoms with Crippen molar-refractivity contribution in [2.75, 3.05) is 6.54 Å². The van der Waals surface area contributed by atoms with Crippen LogP contribution in [0.2, 0.25) is 0 Å². The van der Waals surface area contributed by atoms with E-state index < -0.39 is 6.10 Å². The number of nitrogens with one attached hydrogen (secondary N) is 1. The quantitative estimate of drug-likeness (QED) is 0.766. The van der Waals surface area contributed by atoms with Crippen molar-refractivity contribution in [2.45, 2.75) is 25.4 Å². The first-order chi connectivity index (χ1) is 7.27. The van der Waals surface area contributed by atoms with E-state index in [1.807, 2.05) is 0 Å². The zero-order valence-electron chi connectivity index (χ0n) is 8.48. The number of aliphatic hydroxyl groups excluding tert-OH is 1. The average molecular weight is 209 g/mol. The highest BCUT2D eigenvalue weighted by atomic mass is 16.3. The summed E-state index contributed by atoms with van der Waals surface area (Å²) in [4.78, 5) is 11.3. The summed E-state index contributed by atoms with van der Waals surface area (Å²) in [5, 5.41) is 12.5. The lowest BCUT2D eigenvalue weighted by atomic mass is 10.1. The van der Waals surface area contributed by atoms with Crippen molar-refractivity contribution in [1.29, 1.82) is 0 Å². The Hall–Kier alpha value is -1.29. The van der Waals surface area contributed by atoms with Crippen LogP contribution in [0.4, 0.5) is 0 Å². The van der Waals surface area contributed by atoms with Gasteiger partial charge in [-0.15, -0.1) is 0 Å². The second-order valence-electron chi connectivity index (χ2n) is 3.93. The summed E-state index contributed by atoms with van der Waals surface area (Å²) in [5.74, 6) is 0.352. The van der Waals surface area contributed by atoms with Crippen molar-refractivity contribution in [3.8, 4) is 0 Å². The number of carbonyl (C=O) groups is 1. The van der Waals surface area contributed by atoms with Gasteiger partial charge in [0.15, 0.2) is 0 Å². The van der Waals surface area contributed by atoms with Gasteiger partial charge in [-0.05, 0) is 25.3 Å². The highest BCUT2D eigenvalue weighted by molar-refractivity contribution is 5.80. The Kier molecular flexibility index (Phi) is 3.06. The third-order valence-electron chi connectivity index (χ3n) is 2.59. The highest BCUT2D eigenvalue weighted by Crippen LogP contribution is 2.28. The Morgan fingerprint density at radius 1 is 1.67 bits per heavy atom. The van der Waals surface area contributed by atoms with Gasteiger partial charge in [0.25, 0.3) is 0 Å². The molecule has 0 radical (unpaired) electrons. The SMILES string of the molecule is O=C(NCCC(O)c1ccoc1)C1CC1. The predicted molar refractivity (Wildman–Crippen MR) is 54.0 cm³/mol. The first-order valence-electron chi connectivity index (χ1n) is 5.25. The molecule has 1 aromatic rings. The van der Waals surface area contributed by atoms with Crippen molar-refractivity contribution in [3.05, 3.63) is 24.2 Å². The van der Waals surface area contributed by atoms with Crippen LogP contribution in [0.15, 0.2) is 23.0 Å². The molecule has 1 aromatic heterocycles. The van der Waals surface area contributed by atoms with Crippen LogP contribution in [0.1, 0.15) is 30.9 Å². The fourth-order valence-electron chi connectivity index (χ4n) is 1.45. The van der Waals surface area contributed by atoms with Crippen LogP contribution in [0.3, 0.4) is 0 Å². The molecule has 0 spiro atoms. The Morgan fingerprint density at radius 3 is 3.07 bits per heavy atom. The summed E-state index contributed by atoms with van der Waals surface area (Å²) >= 11 is 0. The van der Waals surface area contributed by atoms with Gasteiger partial charge in [-0.25, -0.2) is 0 Å². The molecule has 15 heavy (non-hydrogen) atoms. The van der Waals surface area contributed by atoms with Crippen LogP contribution < -0.4 is 5.32 Å². The second-order valence-corrected chi connectivity index (χ2v) is 3.93. The van der Waals surface area contributed by atoms with E-state index >= 15 is 0 Å². The molecule has 1 heterocycles. The Balaban J connectivity index is 1.67. The van der Waals surface area contributed by atoms with Crippen molar-refractivity contribution < 1.29 is 14.3 Å². The first kappa shape index (κ1) is 10.2. The van der Waals surface area contributed by atoms with Gasteiger partial charge in [-0.1, -0.05) is 0 Å². The van der Waals surface area contributed by atoms with E-state index in [1.165, 1.54) is 12.5 Å². The van der Waals surface area contributed by atoms with Gasteiger partial charge >= 0.3 is 0 Å². The molecule has 1 fully saturated rings. The zero-order chi connectivity index (χ0) is 10.7. The summed E-state index contributed by atoms with van der Waals surface area (Å²) in [6.07, 6.45) is 5.04. The second kappa shape index (κ2) is 4.49. The molecule has 1 amide bonds. The molecule has 2 N–H and O–H groups in total. The van der Waals surface area contributed by atoms with Gasteiger partial charge in [0.1, 0.15) is 0 Å². The molecule has 1 unspecified atom stereocenters. The summed E-state index contributed by atoms with van der Waals surface area (Å²) in [6.45, 7) is 0.516. The van der Waals surface area contributed by atoms with E-state index in [0.717, 1.165) is 18.4 Å². The number of carbonyl (C=O) groups excluding carboxylic acids is 1. The highest BCUT2D eigenvalue weighted by Gasteiger charge is 2.29. The van der Waals surface area contributed by atoms with E-state index in [2.05, 4.69) is 5.32 Å². The molecule has 0 aromatic carbocycles. The van der Waals surface area contributed by atoms with Gasteiger partial charge in [-0.3, -0.25) is 4.79 Å². The zero-order valence-corrected chi connectivity index (χ0v) is 8.48. The summed E-state index contributed by atoms with van der Waals surface area (Å²) < 4.78 is 4.86. The lowest BCUT2D eigenvalue weighted by Gasteiger charge is -2.08. The fraction of sp³-hybridized carbons (Fsp3) is 0.545. The van der Waals surface area contributed by atoms with E-state index in [9.17, 15) is 9.90 Å². The number of rotatable bonds is 5. The topological polar surface area (TPSA) is 62.5 Å². The maximum atomic E-state index is 11.3. The van der Waals surface area contributed by atoms with Gasteiger partial charge in [0, 0.05) is 18.0 Å². The Labute approximate surface area is 88.3 Å². The molecular formula is C11H15NO3. The van der Waals surface area contributed by atoms with Crippen LogP contribution in [-0.2, 0) is 4.79 Å². The van der Waals surface area contributed by atoms with Crippen LogP contribution >= 0.6 is 0 Å². The summed E-state index contributed by atoms with van der Waals surface area (Å²) in [6, 6.07) is 1.73. The molecule has 0 aliphatic heterocycles. The Bertz CT molecular complexity index is 317. The molecule has 1 aliphatic carbocycles. The van der Waals surface area contributed by atoms with E-state index in [0.29, 0.717) is 13.0 Å². The molecule has 4 heteroatoms. The number of aliphatic hydroxyl groups is 1. The van der Waals surface area contributed by atoms with Gasteiger partial charge in [0.2, 0.25) is 5.91 Å². The normalized spacial score (nSPS) is 17.4. The van der Waals surface area contributed by atoms with E-state index in [4.69, 9.17) is 4.42 Å². The first-order valence-corrected chi connectivity index (χ1v) is 5.25. The summed E-state index contributed by atoms with van der Waals surface area (Å²) in [7, 11) is 0. The lowest BCUT2D eigenvalue weighted by molar-refractivity contribution is -0.122. The molecular weight excluding hydrogens is 194 g/mol. The van der Waals surface area contributed by atoms with Crippen molar-refractivity contribution >= 4 is 5.91 Å². The minimum absolute atomic E-state index is 0.120. The molecule has 4 nitrogen and oxygen atoms in total. The maximum Gasteiger partial charge on any atom is 0.223 e. The predicted octanol–water partition coefficient (Wildman–Crippen LogP) is 1.23. The van der Waals surface area contributed by atoms with Crippen LogP contribution in [-0.4, -0.2) is 17.6 Å². The van der Waals surface area contributed by atoms with Crippen molar-refractivity contribution in [1.82, 2.24) is 5.32 Å². The average Bonchev–Trinajstić information content (AvgIpc) is 2.93. The third-order valence-corrected chi connectivity index (χ3v) is 2.59. The maximum absolute atomic E-state index is 11.3. The molecule has 1 atom stereocenters. The number of hydrogen-bond donors (Lipinski definition) is 2. The van der Waals surface area contributed by atoms with Gasteiger partial charge in [-0.2, -0.15) is 0 Å². The Morgan fingerprint density at radius 2 is 2.47 bits per heavy atom. The van der Waals surface area contributed by atoms with Crippen molar-refractivity contribution in [2.24, 2.45) is 5.92 Å². The van der Waals surface area contributed by atoms with E-state index in [-0.39, 0.29) is 11.8 Å². The minimum Gasteiger partial charge on any atom is -0.472 e. The number of amides is 1. The molecule has 82 valence electrons. The van der Waals surface area contributed by atoms with Crippen LogP contribution in [0, 0.1) is 5.92 Å². The van der Waals surface area contributed by atoms with Crippen LogP contribution in [0.5, 0.6) is 0 Å². The minimum atomic E-state index is -0.553. The van der Waals surface area contributed by atoms with Crippen LogP contribution in [0.25, 0.3) is 0 Å². The molecule has 1 aliphatic rings. The molecule has 2 rings (SSSR count). The molecule has 0 bridgehead atoms. The third kappa shape index (κ3) is 2.83. The summed E-state index contributed by atoms with van der Waals surface area (Å²) in [5.41, 5.74) is 0.760. The fourth-order valence-corrected chi connectivity index (χ4v) is 1.45.